The summed E-state index contributed by atoms with van der Waals surface area (Å²) >= 11 is 0. The maximum Gasteiger partial charge on any atom is 0.303 e. The van der Waals surface area contributed by atoms with Crippen molar-refractivity contribution in [2.75, 3.05) is 0 Å². The van der Waals surface area contributed by atoms with Crippen molar-refractivity contribution in [3.63, 3.8) is 0 Å². The van der Waals surface area contributed by atoms with Crippen LogP contribution >= 0.6 is 0 Å². The van der Waals surface area contributed by atoms with Gasteiger partial charge in [-0.1, -0.05) is 25.7 Å². The summed E-state index contributed by atoms with van der Waals surface area (Å²) in [6.45, 7) is 3.09. The van der Waals surface area contributed by atoms with Crippen LogP contribution in [0.5, 0.6) is 0 Å². The molecule has 20 heavy (non-hydrogen) atoms. The van der Waals surface area contributed by atoms with E-state index in [0.717, 1.165) is 38.5 Å². The fourth-order valence-corrected chi connectivity index (χ4v) is 1.26. The summed E-state index contributed by atoms with van der Waals surface area (Å²) in [4.78, 5) is 20.3. The van der Waals surface area contributed by atoms with Crippen molar-refractivity contribution in [3.05, 3.63) is 0 Å². The first-order chi connectivity index (χ1) is 9.27. The van der Waals surface area contributed by atoms with Gasteiger partial charge in [0.2, 0.25) is 0 Å². The van der Waals surface area contributed by atoms with E-state index in [4.69, 9.17) is 20.4 Å². The standard InChI is InChI=1S/C10H18O4.C4H10O2/c11-9(12)7-5-3-1-2-4-6-8-10(13)14;1-3(5)4(2)6/h1-8H2,(H,11,12)(H,13,14);3-6H,1-2H3. The monoisotopic (exact) mass is 292 g/mol. The largest absolute Gasteiger partial charge is 0.481 e. The molecule has 0 aliphatic heterocycles. The van der Waals surface area contributed by atoms with Crippen LogP contribution in [0.15, 0.2) is 0 Å². The Balaban J connectivity index is 0. The topological polar surface area (TPSA) is 115 Å². The molecule has 6 nitrogen and oxygen atoms in total. The normalized spacial score (nSPS) is 13.0. The zero-order valence-electron chi connectivity index (χ0n) is 12.4. The zero-order chi connectivity index (χ0) is 16.0. The lowest BCUT2D eigenvalue weighted by atomic mass is 10.1. The minimum atomic E-state index is -0.740. The second kappa shape index (κ2) is 14.3. The number of rotatable bonds is 10. The van der Waals surface area contributed by atoms with E-state index in [0.29, 0.717) is 0 Å². The Kier molecular flexibility index (Phi) is 15.1. The van der Waals surface area contributed by atoms with Gasteiger partial charge in [-0.05, 0) is 26.7 Å². The molecular weight excluding hydrogens is 264 g/mol. The summed E-state index contributed by atoms with van der Waals surface area (Å²) in [7, 11) is 0. The van der Waals surface area contributed by atoms with Crippen LogP contribution in [0.4, 0.5) is 0 Å². The van der Waals surface area contributed by atoms with E-state index < -0.39 is 24.1 Å². The van der Waals surface area contributed by atoms with E-state index in [1.807, 2.05) is 0 Å². The van der Waals surface area contributed by atoms with E-state index in [2.05, 4.69) is 0 Å². The summed E-state index contributed by atoms with van der Waals surface area (Å²) in [6.07, 6.45) is 4.64. The third-order valence-corrected chi connectivity index (χ3v) is 2.73. The van der Waals surface area contributed by atoms with Crippen LogP contribution in [0, 0.1) is 0 Å². The van der Waals surface area contributed by atoms with Crippen LogP contribution in [0.1, 0.15) is 65.2 Å². The van der Waals surface area contributed by atoms with E-state index >= 15 is 0 Å². The molecule has 0 rings (SSSR count). The van der Waals surface area contributed by atoms with E-state index in [1.165, 1.54) is 0 Å². The molecule has 0 aromatic heterocycles. The second-order valence-electron chi connectivity index (χ2n) is 4.89. The molecule has 0 saturated heterocycles. The summed E-state index contributed by atoms with van der Waals surface area (Å²) in [5.74, 6) is -1.48. The second-order valence-corrected chi connectivity index (χ2v) is 4.89. The quantitative estimate of drug-likeness (QED) is 0.458. The van der Waals surface area contributed by atoms with Crippen molar-refractivity contribution >= 4 is 11.9 Å². The number of hydrogen-bond donors (Lipinski definition) is 4. The zero-order valence-corrected chi connectivity index (χ0v) is 12.4. The van der Waals surface area contributed by atoms with Crippen molar-refractivity contribution in [2.45, 2.75) is 77.4 Å². The number of hydrogen-bond acceptors (Lipinski definition) is 4. The minimum absolute atomic E-state index is 0.245. The molecule has 0 fully saturated rings. The van der Waals surface area contributed by atoms with Crippen LogP contribution in [0.2, 0.25) is 0 Å². The van der Waals surface area contributed by atoms with Gasteiger partial charge in [0.1, 0.15) is 0 Å². The van der Waals surface area contributed by atoms with Crippen LogP contribution in [-0.4, -0.2) is 44.6 Å². The molecule has 0 bridgehead atoms. The molecule has 120 valence electrons. The van der Waals surface area contributed by atoms with Gasteiger partial charge in [-0.3, -0.25) is 9.59 Å². The van der Waals surface area contributed by atoms with E-state index in [1.54, 1.807) is 13.8 Å². The molecule has 0 aromatic rings. The van der Waals surface area contributed by atoms with E-state index in [9.17, 15) is 9.59 Å². The SMILES string of the molecule is CC(O)C(C)O.O=C(O)CCCCCCCCC(=O)O. The smallest absolute Gasteiger partial charge is 0.303 e. The first-order valence-electron chi connectivity index (χ1n) is 7.07. The first kappa shape index (κ1) is 21.2. The molecule has 0 spiro atoms. The van der Waals surface area contributed by atoms with Gasteiger partial charge in [0, 0.05) is 12.8 Å². The Hall–Kier alpha value is -1.14. The van der Waals surface area contributed by atoms with Crippen LogP contribution in [0.25, 0.3) is 0 Å². The van der Waals surface area contributed by atoms with Crippen molar-refractivity contribution < 1.29 is 30.0 Å². The molecule has 6 heteroatoms. The summed E-state index contributed by atoms with van der Waals surface area (Å²) < 4.78 is 0. The lowest BCUT2D eigenvalue weighted by molar-refractivity contribution is -0.138. The van der Waals surface area contributed by atoms with Crippen LogP contribution in [-0.2, 0) is 9.59 Å². The lowest BCUT2D eigenvalue weighted by Crippen LogP contribution is -2.17. The fourth-order valence-electron chi connectivity index (χ4n) is 1.26. The molecule has 2 unspecified atom stereocenters. The molecule has 0 aromatic carbocycles. The number of aliphatic hydroxyl groups excluding tert-OH is 2. The Morgan fingerprint density at radius 1 is 0.700 bits per heavy atom. The molecule has 0 amide bonds. The van der Waals surface area contributed by atoms with Gasteiger partial charge in [0.15, 0.2) is 0 Å². The average Bonchev–Trinajstić information content (AvgIpc) is 2.32. The molecular formula is C14H28O6. The molecule has 0 aliphatic carbocycles. The summed E-state index contributed by atoms with van der Waals surface area (Å²) in [6, 6.07) is 0. The van der Waals surface area contributed by atoms with Crippen molar-refractivity contribution in [1.82, 2.24) is 0 Å². The molecule has 0 aliphatic rings. The number of carboxylic acid groups (broad SMARTS) is 2. The van der Waals surface area contributed by atoms with Gasteiger partial charge in [-0.25, -0.2) is 0 Å². The highest BCUT2D eigenvalue weighted by atomic mass is 16.4. The molecule has 2 atom stereocenters. The highest BCUT2D eigenvalue weighted by molar-refractivity contribution is 5.66. The van der Waals surface area contributed by atoms with Crippen molar-refractivity contribution in [1.29, 1.82) is 0 Å². The average molecular weight is 292 g/mol. The highest BCUT2D eigenvalue weighted by Crippen LogP contribution is 2.08. The Morgan fingerprint density at radius 3 is 1.15 bits per heavy atom. The molecule has 4 N–H and O–H groups in total. The van der Waals surface area contributed by atoms with Gasteiger partial charge >= 0.3 is 11.9 Å². The number of unbranched alkanes of at least 4 members (excludes halogenated alkanes) is 5. The van der Waals surface area contributed by atoms with Gasteiger partial charge in [0.05, 0.1) is 12.2 Å². The van der Waals surface area contributed by atoms with Gasteiger partial charge < -0.3 is 20.4 Å². The summed E-state index contributed by atoms with van der Waals surface area (Å²) in [5, 5.41) is 33.5. The predicted octanol–water partition coefficient (Wildman–Crippen LogP) is 2.02. The Labute approximate surface area is 120 Å². The van der Waals surface area contributed by atoms with E-state index in [-0.39, 0.29) is 12.8 Å². The Morgan fingerprint density at radius 2 is 0.950 bits per heavy atom. The molecule has 0 saturated carbocycles. The Bertz CT molecular complexity index is 224. The third kappa shape index (κ3) is 22.1. The lowest BCUT2D eigenvalue weighted by Gasteiger charge is -2.03. The maximum atomic E-state index is 10.1. The van der Waals surface area contributed by atoms with Crippen molar-refractivity contribution in [2.24, 2.45) is 0 Å². The van der Waals surface area contributed by atoms with Crippen LogP contribution < -0.4 is 0 Å². The third-order valence-electron chi connectivity index (χ3n) is 2.73. The van der Waals surface area contributed by atoms with Gasteiger partial charge in [0.25, 0.3) is 0 Å². The predicted molar refractivity (Wildman–Crippen MR) is 75.6 cm³/mol. The minimum Gasteiger partial charge on any atom is -0.481 e. The maximum absolute atomic E-state index is 10.1. The van der Waals surface area contributed by atoms with Crippen molar-refractivity contribution in [3.8, 4) is 0 Å². The van der Waals surface area contributed by atoms with Gasteiger partial charge in [-0.2, -0.15) is 0 Å². The highest BCUT2D eigenvalue weighted by Gasteiger charge is 2.00. The number of carbonyl (C=O) groups is 2. The number of aliphatic hydroxyl groups is 2. The molecule has 0 heterocycles. The summed E-state index contributed by atoms with van der Waals surface area (Å²) in [5.41, 5.74) is 0. The van der Waals surface area contributed by atoms with Gasteiger partial charge in [-0.15, -0.1) is 0 Å². The number of aliphatic carboxylic acids is 2. The number of carboxylic acids is 2. The van der Waals surface area contributed by atoms with Crippen LogP contribution in [0.3, 0.4) is 0 Å². The first-order valence-corrected chi connectivity index (χ1v) is 7.07. The molecule has 0 radical (unpaired) electrons. The fraction of sp³-hybridized carbons (Fsp3) is 0.857.